The van der Waals surface area contributed by atoms with Gasteiger partial charge in [-0.05, 0) is 63.9 Å². The molecule has 0 atom stereocenters. The van der Waals surface area contributed by atoms with E-state index in [1.165, 1.54) is 17.7 Å². The fourth-order valence-corrected chi connectivity index (χ4v) is 2.95. The normalized spacial score (nSPS) is 10.7. The van der Waals surface area contributed by atoms with Crippen LogP contribution in [0.2, 0.25) is 0 Å². The Bertz CT molecular complexity index is 599. The topological polar surface area (TPSA) is 21.3 Å². The first-order chi connectivity index (χ1) is 10.1. The lowest BCUT2D eigenvalue weighted by molar-refractivity contribution is 0.303. The van der Waals surface area contributed by atoms with Gasteiger partial charge in [-0.25, -0.2) is 4.39 Å². The molecule has 0 spiro atoms. The third-order valence-electron chi connectivity index (χ3n) is 2.89. The summed E-state index contributed by atoms with van der Waals surface area (Å²) in [5.74, 6) is 0.471. The smallest absolute Gasteiger partial charge is 0.134 e. The van der Waals surface area contributed by atoms with Gasteiger partial charge in [0.25, 0.3) is 0 Å². The average molecular weight is 417 g/mol. The monoisotopic (exact) mass is 415 g/mol. The lowest BCUT2D eigenvalue weighted by Crippen LogP contribution is -2.11. The highest BCUT2D eigenvalue weighted by Gasteiger charge is 2.05. The van der Waals surface area contributed by atoms with Gasteiger partial charge < -0.3 is 10.1 Å². The van der Waals surface area contributed by atoms with Gasteiger partial charge in [0.1, 0.15) is 18.2 Å². The van der Waals surface area contributed by atoms with Crippen molar-refractivity contribution in [3.05, 3.63) is 62.3 Å². The van der Waals surface area contributed by atoms with Gasteiger partial charge in [0.05, 0.1) is 4.47 Å². The molecule has 0 amide bonds. The molecule has 0 bridgehead atoms. The molecule has 0 radical (unpaired) electrons. The van der Waals surface area contributed by atoms with E-state index < -0.39 is 0 Å². The van der Waals surface area contributed by atoms with Crippen molar-refractivity contribution in [2.24, 2.45) is 0 Å². The largest absolute Gasteiger partial charge is 0.488 e. The molecule has 2 rings (SSSR count). The summed E-state index contributed by atoms with van der Waals surface area (Å²) < 4.78 is 20.6. The zero-order chi connectivity index (χ0) is 15.2. The Hall–Kier alpha value is -0.910. The summed E-state index contributed by atoms with van der Waals surface area (Å²) in [5.41, 5.74) is 1.97. The maximum atomic E-state index is 13.3. The van der Waals surface area contributed by atoms with Crippen molar-refractivity contribution in [1.29, 1.82) is 0 Å². The van der Waals surface area contributed by atoms with Crippen LogP contribution in [-0.4, -0.2) is 6.54 Å². The van der Waals surface area contributed by atoms with Crippen LogP contribution in [0.5, 0.6) is 5.75 Å². The SMILES string of the molecule is CCNCc1ccc(OCc2cc(F)cc(Br)c2)c(Br)c1. The lowest BCUT2D eigenvalue weighted by Gasteiger charge is -2.10. The first kappa shape index (κ1) is 16.5. The van der Waals surface area contributed by atoms with Crippen molar-refractivity contribution >= 4 is 31.9 Å². The van der Waals surface area contributed by atoms with Crippen LogP contribution in [0.3, 0.4) is 0 Å². The Kier molecular flexibility index (Phi) is 6.21. The molecule has 0 aliphatic rings. The second-order valence-electron chi connectivity index (χ2n) is 4.61. The fourth-order valence-electron chi connectivity index (χ4n) is 1.90. The van der Waals surface area contributed by atoms with Gasteiger partial charge in [0.15, 0.2) is 0 Å². The molecule has 0 heterocycles. The van der Waals surface area contributed by atoms with Crippen LogP contribution >= 0.6 is 31.9 Å². The molecule has 0 aromatic heterocycles. The number of hydrogen-bond donors (Lipinski definition) is 1. The predicted octanol–water partition coefficient (Wildman–Crippen LogP) is 5.04. The molecule has 0 aliphatic carbocycles. The third-order valence-corrected chi connectivity index (χ3v) is 3.97. The number of nitrogens with one attached hydrogen (secondary N) is 1. The number of rotatable bonds is 6. The fraction of sp³-hybridized carbons (Fsp3) is 0.250. The van der Waals surface area contributed by atoms with Gasteiger partial charge in [-0.1, -0.05) is 28.9 Å². The average Bonchev–Trinajstić information content (AvgIpc) is 2.43. The van der Waals surface area contributed by atoms with E-state index in [1.54, 1.807) is 0 Å². The van der Waals surface area contributed by atoms with E-state index >= 15 is 0 Å². The van der Waals surface area contributed by atoms with Crippen molar-refractivity contribution in [1.82, 2.24) is 5.32 Å². The molecular weight excluding hydrogens is 401 g/mol. The minimum absolute atomic E-state index is 0.275. The van der Waals surface area contributed by atoms with Crippen molar-refractivity contribution < 1.29 is 9.13 Å². The summed E-state index contributed by atoms with van der Waals surface area (Å²) >= 11 is 6.78. The quantitative estimate of drug-likeness (QED) is 0.712. The molecule has 0 aliphatic heterocycles. The van der Waals surface area contributed by atoms with Crippen LogP contribution in [0, 0.1) is 5.82 Å². The van der Waals surface area contributed by atoms with E-state index in [0.717, 1.165) is 28.9 Å². The van der Waals surface area contributed by atoms with E-state index in [1.807, 2.05) is 24.3 Å². The van der Waals surface area contributed by atoms with Crippen LogP contribution in [0.4, 0.5) is 4.39 Å². The molecule has 5 heteroatoms. The van der Waals surface area contributed by atoms with Crippen molar-refractivity contribution in [3.8, 4) is 5.75 Å². The summed E-state index contributed by atoms with van der Waals surface area (Å²) in [6, 6.07) is 10.7. The lowest BCUT2D eigenvalue weighted by atomic mass is 10.2. The molecule has 112 valence electrons. The van der Waals surface area contributed by atoms with Crippen LogP contribution in [0.15, 0.2) is 45.3 Å². The maximum Gasteiger partial charge on any atom is 0.134 e. The number of ether oxygens (including phenoxy) is 1. The highest BCUT2D eigenvalue weighted by atomic mass is 79.9. The number of benzene rings is 2. The molecule has 1 N–H and O–H groups in total. The van der Waals surface area contributed by atoms with Crippen LogP contribution in [0.1, 0.15) is 18.1 Å². The summed E-state index contributed by atoms with van der Waals surface area (Å²) in [6.45, 7) is 4.15. The summed E-state index contributed by atoms with van der Waals surface area (Å²) in [5, 5.41) is 3.27. The van der Waals surface area contributed by atoms with E-state index in [0.29, 0.717) is 11.1 Å². The first-order valence-corrected chi connectivity index (χ1v) is 8.24. The van der Waals surface area contributed by atoms with Crippen molar-refractivity contribution in [2.45, 2.75) is 20.1 Å². The van der Waals surface area contributed by atoms with E-state index in [-0.39, 0.29) is 5.82 Å². The van der Waals surface area contributed by atoms with E-state index in [9.17, 15) is 4.39 Å². The van der Waals surface area contributed by atoms with Crippen LogP contribution in [0.25, 0.3) is 0 Å². The van der Waals surface area contributed by atoms with Crippen molar-refractivity contribution in [2.75, 3.05) is 6.54 Å². The summed E-state index contributed by atoms with van der Waals surface area (Å²) in [7, 11) is 0. The Balaban J connectivity index is 2.02. The minimum Gasteiger partial charge on any atom is -0.488 e. The molecule has 0 fully saturated rings. The van der Waals surface area contributed by atoms with E-state index in [4.69, 9.17) is 4.74 Å². The molecule has 21 heavy (non-hydrogen) atoms. The second kappa shape index (κ2) is 7.92. The Morgan fingerprint density at radius 3 is 2.57 bits per heavy atom. The number of halogens is 3. The molecule has 2 aromatic rings. The molecule has 0 saturated carbocycles. The van der Waals surface area contributed by atoms with Crippen LogP contribution in [-0.2, 0) is 13.2 Å². The van der Waals surface area contributed by atoms with Gasteiger partial charge in [-0.2, -0.15) is 0 Å². The van der Waals surface area contributed by atoms with Gasteiger partial charge in [0.2, 0.25) is 0 Å². The number of hydrogen-bond acceptors (Lipinski definition) is 2. The zero-order valence-electron chi connectivity index (χ0n) is 11.6. The first-order valence-electron chi connectivity index (χ1n) is 6.65. The Morgan fingerprint density at radius 1 is 1.10 bits per heavy atom. The zero-order valence-corrected chi connectivity index (χ0v) is 14.8. The van der Waals surface area contributed by atoms with Crippen LogP contribution < -0.4 is 10.1 Å². The van der Waals surface area contributed by atoms with E-state index in [2.05, 4.69) is 44.1 Å². The molecular formula is C16H16Br2FNO. The predicted molar refractivity (Wildman–Crippen MR) is 90.0 cm³/mol. The highest BCUT2D eigenvalue weighted by Crippen LogP contribution is 2.27. The second-order valence-corrected chi connectivity index (χ2v) is 6.38. The molecule has 2 nitrogen and oxygen atoms in total. The molecule has 0 saturated heterocycles. The maximum absolute atomic E-state index is 13.3. The highest BCUT2D eigenvalue weighted by molar-refractivity contribution is 9.10. The third kappa shape index (κ3) is 5.09. The Labute approximate surface area is 141 Å². The van der Waals surface area contributed by atoms with Gasteiger partial charge in [-0.15, -0.1) is 0 Å². The standard InChI is InChI=1S/C16H16Br2FNO/c1-2-20-9-11-3-4-16(15(18)7-11)21-10-12-5-13(17)8-14(19)6-12/h3-8,20H,2,9-10H2,1H3. The minimum atomic E-state index is -0.275. The van der Waals surface area contributed by atoms with Gasteiger partial charge in [-0.3, -0.25) is 0 Å². The van der Waals surface area contributed by atoms with Crippen molar-refractivity contribution in [3.63, 3.8) is 0 Å². The van der Waals surface area contributed by atoms with Gasteiger partial charge >= 0.3 is 0 Å². The molecule has 0 unspecified atom stereocenters. The molecule has 2 aromatic carbocycles. The summed E-state index contributed by atoms with van der Waals surface area (Å²) in [6.07, 6.45) is 0. The van der Waals surface area contributed by atoms with Gasteiger partial charge in [0, 0.05) is 11.0 Å². The Morgan fingerprint density at radius 2 is 1.90 bits per heavy atom. The summed E-state index contributed by atoms with van der Waals surface area (Å²) in [4.78, 5) is 0.